The van der Waals surface area contributed by atoms with Crippen LogP contribution in [0, 0.1) is 0 Å². The summed E-state index contributed by atoms with van der Waals surface area (Å²) >= 11 is 0. The minimum Gasteiger partial charge on any atom is -0.265 e. The van der Waals surface area contributed by atoms with Crippen LogP contribution in [0.25, 0.3) is 22.3 Å². The first-order valence-electron chi connectivity index (χ1n) is 4.91. The van der Waals surface area contributed by atoms with Crippen LogP contribution in [0.1, 0.15) is 0 Å². The van der Waals surface area contributed by atoms with Crippen LogP contribution in [-0.4, -0.2) is 19.9 Å². The van der Waals surface area contributed by atoms with Gasteiger partial charge in [-0.25, -0.2) is 9.97 Å². The maximum atomic E-state index is 4.47. The second kappa shape index (κ2) is 3.66. The van der Waals surface area contributed by atoms with Gasteiger partial charge in [0, 0.05) is 41.9 Å². The van der Waals surface area contributed by atoms with Gasteiger partial charge in [0.25, 0.3) is 0 Å². The number of rotatable bonds is 1. The van der Waals surface area contributed by atoms with Crippen LogP contribution in [0.15, 0.2) is 49.2 Å². The molecule has 3 heterocycles. The highest BCUT2D eigenvalue weighted by Crippen LogP contribution is 2.16. The second-order valence-electron chi connectivity index (χ2n) is 3.36. The number of pyridine rings is 2. The molecule has 3 rings (SSSR count). The Morgan fingerprint density at radius 1 is 0.812 bits per heavy atom. The average molecular weight is 208 g/mol. The van der Waals surface area contributed by atoms with Gasteiger partial charge >= 0.3 is 0 Å². The lowest BCUT2D eigenvalue weighted by Gasteiger charge is -2.00. The molecule has 0 radical (unpaired) electrons. The number of aromatic nitrogens is 4. The van der Waals surface area contributed by atoms with Gasteiger partial charge in [-0.05, 0) is 18.2 Å². The van der Waals surface area contributed by atoms with Crippen LogP contribution in [0.4, 0.5) is 0 Å². The number of hydrogen-bond acceptors (Lipinski definition) is 4. The molecule has 0 saturated carbocycles. The first-order chi connectivity index (χ1) is 7.93. The van der Waals surface area contributed by atoms with Gasteiger partial charge in [-0.3, -0.25) is 9.97 Å². The topological polar surface area (TPSA) is 51.6 Å². The third-order valence-electron chi connectivity index (χ3n) is 2.32. The van der Waals surface area contributed by atoms with Crippen molar-refractivity contribution in [2.75, 3.05) is 0 Å². The molecule has 0 aromatic carbocycles. The molecule has 0 fully saturated rings. The molecule has 3 aromatic heterocycles. The van der Waals surface area contributed by atoms with E-state index < -0.39 is 0 Å². The fourth-order valence-electron chi connectivity index (χ4n) is 1.51. The Kier molecular flexibility index (Phi) is 2.04. The molecule has 0 aliphatic rings. The van der Waals surface area contributed by atoms with Crippen molar-refractivity contribution in [1.82, 2.24) is 19.9 Å². The van der Waals surface area contributed by atoms with E-state index in [0.717, 1.165) is 16.5 Å². The van der Waals surface area contributed by atoms with Crippen LogP contribution in [0.5, 0.6) is 0 Å². The fourth-order valence-corrected chi connectivity index (χ4v) is 1.51. The lowest BCUT2D eigenvalue weighted by Crippen LogP contribution is -1.90. The van der Waals surface area contributed by atoms with Gasteiger partial charge in [-0.15, -0.1) is 0 Å². The van der Waals surface area contributed by atoms with Crippen molar-refractivity contribution in [3.8, 4) is 11.4 Å². The van der Waals surface area contributed by atoms with E-state index in [4.69, 9.17) is 0 Å². The molecule has 0 N–H and O–H groups in total. The molecule has 0 unspecified atom stereocenters. The summed E-state index contributed by atoms with van der Waals surface area (Å²) in [5.74, 6) is 0.709. The Labute approximate surface area is 92.0 Å². The van der Waals surface area contributed by atoms with Crippen LogP contribution >= 0.6 is 0 Å². The van der Waals surface area contributed by atoms with E-state index in [1.54, 1.807) is 31.0 Å². The zero-order valence-corrected chi connectivity index (χ0v) is 8.41. The molecule has 0 aliphatic heterocycles. The third-order valence-corrected chi connectivity index (χ3v) is 2.32. The third kappa shape index (κ3) is 1.50. The summed E-state index contributed by atoms with van der Waals surface area (Å²) in [5.41, 5.74) is 1.87. The molecule has 4 heteroatoms. The van der Waals surface area contributed by atoms with Crippen molar-refractivity contribution in [2.24, 2.45) is 0 Å². The second-order valence-corrected chi connectivity index (χ2v) is 3.36. The summed E-state index contributed by atoms with van der Waals surface area (Å²) < 4.78 is 0. The predicted octanol–water partition coefficient (Wildman–Crippen LogP) is 2.09. The number of hydrogen-bond donors (Lipinski definition) is 0. The summed E-state index contributed by atoms with van der Waals surface area (Å²) in [6.45, 7) is 0. The Bertz CT molecular complexity index is 622. The van der Waals surface area contributed by atoms with Crippen LogP contribution < -0.4 is 0 Å². The fraction of sp³-hybridized carbons (Fsp3) is 0. The molecule has 0 amide bonds. The van der Waals surface area contributed by atoms with Gasteiger partial charge < -0.3 is 0 Å². The predicted molar refractivity (Wildman–Crippen MR) is 60.6 cm³/mol. The molecule has 16 heavy (non-hydrogen) atoms. The van der Waals surface area contributed by atoms with Gasteiger partial charge in [0.15, 0.2) is 5.82 Å². The number of nitrogens with zero attached hydrogens (tertiary/aromatic N) is 4. The van der Waals surface area contributed by atoms with E-state index >= 15 is 0 Å². The highest BCUT2D eigenvalue weighted by molar-refractivity contribution is 5.78. The zero-order chi connectivity index (χ0) is 10.8. The first-order valence-corrected chi connectivity index (χ1v) is 4.91. The molecule has 0 saturated heterocycles. The Hall–Kier alpha value is -2.36. The van der Waals surface area contributed by atoms with E-state index in [0.29, 0.717) is 5.82 Å². The highest BCUT2D eigenvalue weighted by Gasteiger charge is 2.01. The molecule has 0 bridgehead atoms. The minimum absolute atomic E-state index is 0.709. The SMILES string of the molecule is c1cc(-c2ncc3cnccc3n2)ccn1. The van der Waals surface area contributed by atoms with Crippen molar-refractivity contribution >= 4 is 10.9 Å². The normalized spacial score (nSPS) is 10.5. The smallest absolute Gasteiger partial charge is 0.159 e. The summed E-state index contributed by atoms with van der Waals surface area (Å²) in [7, 11) is 0. The quantitative estimate of drug-likeness (QED) is 0.614. The van der Waals surface area contributed by atoms with Crippen molar-refractivity contribution in [3.63, 3.8) is 0 Å². The Morgan fingerprint density at radius 2 is 1.62 bits per heavy atom. The molecule has 76 valence electrons. The summed E-state index contributed by atoms with van der Waals surface area (Å²) in [6, 6.07) is 5.66. The molecule has 4 nitrogen and oxygen atoms in total. The van der Waals surface area contributed by atoms with Crippen molar-refractivity contribution in [1.29, 1.82) is 0 Å². The van der Waals surface area contributed by atoms with Crippen LogP contribution in [-0.2, 0) is 0 Å². The first kappa shape index (κ1) is 8.91. The van der Waals surface area contributed by atoms with Gasteiger partial charge in [-0.2, -0.15) is 0 Å². The minimum atomic E-state index is 0.709. The van der Waals surface area contributed by atoms with Gasteiger partial charge in [0.2, 0.25) is 0 Å². The standard InChI is InChI=1S/C12H8N4/c1-4-13-5-2-9(1)12-15-8-10-7-14-6-3-11(10)16-12/h1-8H. The van der Waals surface area contributed by atoms with E-state index in [2.05, 4.69) is 19.9 Å². The van der Waals surface area contributed by atoms with Crippen molar-refractivity contribution in [3.05, 3.63) is 49.2 Å². The van der Waals surface area contributed by atoms with Crippen LogP contribution in [0.3, 0.4) is 0 Å². The van der Waals surface area contributed by atoms with Gasteiger partial charge in [-0.1, -0.05) is 0 Å². The lowest BCUT2D eigenvalue weighted by molar-refractivity contribution is 1.20. The Morgan fingerprint density at radius 3 is 2.50 bits per heavy atom. The maximum Gasteiger partial charge on any atom is 0.159 e. The summed E-state index contributed by atoms with van der Waals surface area (Å²) in [4.78, 5) is 16.8. The lowest BCUT2D eigenvalue weighted by atomic mass is 10.2. The van der Waals surface area contributed by atoms with Crippen molar-refractivity contribution < 1.29 is 0 Å². The highest BCUT2D eigenvalue weighted by atomic mass is 14.9. The maximum absolute atomic E-state index is 4.47. The summed E-state index contributed by atoms with van der Waals surface area (Å²) in [6.07, 6.45) is 8.73. The largest absolute Gasteiger partial charge is 0.265 e. The molecular weight excluding hydrogens is 200 g/mol. The number of fused-ring (bicyclic) bond motifs is 1. The zero-order valence-electron chi connectivity index (χ0n) is 8.41. The van der Waals surface area contributed by atoms with Gasteiger partial charge in [0.05, 0.1) is 5.52 Å². The Balaban J connectivity index is 2.19. The summed E-state index contributed by atoms with van der Waals surface area (Å²) in [5, 5.41) is 0.945. The van der Waals surface area contributed by atoms with E-state index in [-0.39, 0.29) is 0 Å². The molecule has 0 aliphatic carbocycles. The molecule has 3 aromatic rings. The average Bonchev–Trinajstić information content (AvgIpc) is 2.39. The van der Waals surface area contributed by atoms with E-state index in [1.165, 1.54) is 0 Å². The van der Waals surface area contributed by atoms with Gasteiger partial charge in [0.1, 0.15) is 0 Å². The molecule has 0 spiro atoms. The van der Waals surface area contributed by atoms with Crippen LogP contribution in [0.2, 0.25) is 0 Å². The van der Waals surface area contributed by atoms with Crippen molar-refractivity contribution in [2.45, 2.75) is 0 Å². The van der Waals surface area contributed by atoms with E-state index in [9.17, 15) is 0 Å². The molecule has 0 atom stereocenters. The van der Waals surface area contributed by atoms with E-state index in [1.807, 2.05) is 18.2 Å². The molecular formula is C12H8N4. The monoisotopic (exact) mass is 208 g/mol.